The second-order valence-corrected chi connectivity index (χ2v) is 8.12. The molecular formula is C17H20BrNO4S. The fraction of sp³-hybridized carbons (Fsp3) is 0.294. The van der Waals surface area contributed by atoms with Gasteiger partial charge in [-0.2, -0.15) is 0 Å². The number of methoxy groups -OCH3 is 2. The number of hydrogen-bond acceptors (Lipinski definition) is 4. The standard InChI is InChI=1S/C17H20BrNO4S/c1-11-7-6-8-14(12(11)2)19(3)24(20,21)17-10-16(23-5)15(22-4)9-13(17)18/h6-10H,1-5H3. The number of sulfonamides is 1. The van der Waals surface area contributed by atoms with E-state index in [1.54, 1.807) is 19.2 Å². The van der Waals surface area contributed by atoms with Crippen LogP contribution in [0.2, 0.25) is 0 Å². The van der Waals surface area contributed by atoms with Gasteiger partial charge in [0.05, 0.1) is 19.9 Å². The summed E-state index contributed by atoms with van der Waals surface area (Å²) in [6, 6.07) is 8.62. The minimum Gasteiger partial charge on any atom is -0.493 e. The van der Waals surface area contributed by atoms with Crippen LogP contribution in [0.4, 0.5) is 5.69 Å². The predicted octanol–water partition coefficient (Wildman–Crippen LogP) is 3.91. The third-order valence-electron chi connectivity index (χ3n) is 3.99. The number of rotatable bonds is 5. The van der Waals surface area contributed by atoms with Crippen molar-refractivity contribution in [3.8, 4) is 11.5 Å². The van der Waals surface area contributed by atoms with Crippen LogP contribution < -0.4 is 13.8 Å². The summed E-state index contributed by atoms with van der Waals surface area (Å²) >= 11 is 3.32. The van der Waals surface area contributed by atoms with Crippen LogP contribution in [0, 0.1) is 13.8 Å². The molecule has 0 heterocycles. The first-order valence-corrected chi connectivity index (χ1v) is 9.44. The van der Waals surface area contributed by atoms with E-state index in [1.165, 1.54) is 24.6 Å². The van der Waals surface area contributed by atoms with Crippen molar-refractivity contribution in [1.82, 2.24) is 0 Å². The fourth-order valence-corrected chi connectivity index (χ4v) is 4.64. The van der Waals surface area contributed by atoms with Crippen LogP contribution in [0.5, 0.6) is 11.5 Å². The van der Waals surface area contributed by atoms with Gasteiger partial charge in [0, 0.05) is 17.6 Å². The second kappa shape index (κ2) is 7.03. The number of hydrogen-bond donors (Lipinski definition) is 0. The van der Waals surface area contributed by atoms with Gasteiger partial charge in [0.25, 0.3) is 10.0 Å². The van der Waals surface area contributed by atoms with Crippen molar-refractivity contribution < 1.29 is 17.9 Å². The molecule has 0 aliphatic rings. The second-order valence-electron chi connectivity index (χ2n) is 5.33. The summed E-state index contributed by atoms with van der Waals surface area (Å²) < 4.78 is 38.3. The zero-order valence-electron chi connectivity index (χ0n) is 14.3. The lowest BCUT2D eigenvalue weighted by molar-refractivity contribution is 0.353. The molecular weight excluding hydrogens is 394 g/mol. The summed E-state index contributed by atoms with van der Waals surface area (Å²) in [4.78, 5) is 0.114. The van der Waals surface area contributed by atoms with Crippen LogP contribution in [0.3, 0.4) is 0 Å². The van der Waals surface area contributed by atoms with Crippen molar-refractivity contribution in [2.75, 3.05) is 25.6 Å². The predicted molar refractivity (Wildman–Crippen MR) is 98.8 cm³/mol. The van der Waals surface area contributed by atoms with E-state index in [4.69, 9.17) is 9.47 Å². The molecule has 0 unspecified atom stereocenters. The molecule has 2 aromatic carbocycles. The van der Waals surface area contributed by atoms with Crippen molar-refractivity contribution in [3.05, 3.63) is 45.9 Å². The molecule has 0 aliphatic carbocycles. The number of halogens is 1. The van der Waals surface area contributed by atoms with E-state index in [0.717, 1.165) is 11.1 Å². The lowest BCUT2D eigenvalue weighted by Crippen LogP contribution is -2.27. The summed E-state index contributed by atoms with van der Waals surface area (Å²) in [6.07, 6.45) is 0. The Morgan fingerprint density at radius 2 is 1.62 bits per heavy atom. The first kappa shape index (κ1) is 18.6. The Labute approximate surface area is 151 Å². The van der Waals surface area contributed by atoms with E-state index in [1.807, 2.05) is 26.0 Å². The molecule has 0 aliphatic heterocycles. The molecule has 0 saturated heterocycles. The van der Waals surface area contributed by atoms with Gasteiger partial charge in [-0.25, -0.2) is 8.42 Å². The van der Waals surface area contributed by atoms with Gasteiger partial charge in [-0.3, -0.25) is 4.31 Å². The molecule has 0 amide bonds. The minimum atomic E-state index is -3.77. The van der Waals surface area contributed by atoms with Gasteiger partial charge in [-0.15, -0.1) is 0 Å². The lowest BCUT2D eigenvalue weighted by atomic mass is 10.1. The number of ether oxygens (including phenoxy) is 2. The molecule has 0 spiro atoms. The van der Waals surface area contributed by atoms with Gasteiger partial charge in [0.2, 0.25) is 0 Å². The van der Waals surface area contributed by atoms with Crippen molar-refractivity contribution in [3.63, 3.8) is 0 Å². The number of benzene rings is 2. The highest BCUT2D eigenvalue weighted by Gasteiger charge is 2.27. The molecule has 130 valence electrons. The van der Waals surface area contributed by atoms with Gasteiger partial charge >= 0.3 is 0 Å². The quantitative estimate of drug-likeness (QED) is 0.745. The van der Waals surface area contributed by atoms with Gasteiger partial charge in [-0.05, 0) is 53.0 Å². The average molecular weight is 414 g/mol. The van der Waals surface area contributed by atoms with Crippen molar-refractivity contribution in [2.24, 2.45) is 0 Å². The maximum atomic E-state index is 13.1. The summed E-state index contributed by atoms with van der Waals surface area (Å²) in [7, 11) is 0.743. The highest BCUT2D eigenvalue weighted by atomic mass is 79.9. The molecule has 5 nitrogen and oxygen atoms in total. The Balaban J connectivity index is 2.60. The molecule has 0 bridgehead atoms. The molecule has 0 saturated carbocycles. The van der Waals surface area contributed by atoms with Gasteiger partial charge in [0.1, 0.15) is 4.90 Å². The van der Waals surface area contributed by atoms with Gasteiger partial charge in [0.15, 0.2) is 11.5 Å². The summed E-state index contributed by atoms with van der Waals surface area (Å²) in [5.74, 6) is 0.811. The number of aryl methyl sites for hydroxylation is 1. The SMILES string of the molecule is COc1cc(Br)c(S(=O)(=O)N(C)c2cccc(C)c2C)cc1OC. The smallest absolute Gasteiger partial charge is 0.265 e. The van der Waals surface area contributed by atoms with Crippen LogP contribution in [0.25, 0.3) is 0 Å². The molecule has 0 N–H and O–H groups in total. The monoisotopic (exact) mass is 413 g/mol. The fourth-order valence-electron chi connectivity index (χ4n) is 2.39. The Morgan fingerprint density at radius 1 is 1.04 bits per heavy atom. The topological polar surface area (TPSA) is 55.8 Å². The molecule has 0 radical (unpaired) electrons. The third-order valence-corrected chi connectivity index (χ3v) is 6.72. The normalized spacial score (nSPS) is 11.2. The molecule has 7 heteroatoms. The van der Waals surface area contributed by atoms with Gasteiger partial charge < -0.3 is 9.47 Å². The zero-order chi connectivity index (χ0) is 18.1. The van der Waals surface area contributed by atoms with E-state index in [-0.39, 0.29) is 4.90 Å². The molecule has 0 fully saturated rings. The van der Waals surface area contributed by atoms with Crippen LogP contribution in [0.15, 0.2) is 39.7 Å². The zero-order valence-corrected chi connectivity index (χ0v) is 16.7. The van der Waals surface area contributed by atoms with E-state index in [0.29, 0.717) is 21.7 Å². The van der Waals surface area contributed by atoms with Crippen molar-refractivity contribution in [2.45, 2.75) is 18.7 Å². The number of nitrogens with zero attached hydrogens (tertiary/aromatic N) is 1. The molecule has 0 aromatic heterocycles. The van der Waals surface area contributed by atoms with E-state index in [9.17, 15) is 8.42 Å². The summed E-state index contributed by atoms with van der Waals surface area (Å²) in [5, 5.41) is 0. The van der Waals surface area contributed by atoms with E-state index < -0.39 is 10.0 Å². The molecule has 2 rings (SSSR count). The first-order chi connectivity index (χ1) is 11.2. The van der Waals surface area contributed by atoms with Crippen molar-refractivity contribution >= 4 is 31.6 Å². The van der Waals surface area contributed by atoms with E-state index >= 15 is 0 Å². The Kier molecular flexibility index (Phi) is 5.45. The Bertz CT molecular complexity index is 865. The maximum absolute atomic E-state index is 13.1. The molecule has 24 heavy (non-hydrogen) atoms. The number of anilines is 1. The Hall–Kier alpha value is -1.73. The molecule has 0 atom stereocenters. The van der Waals surface area contributed by atoms with E-state index in [2.05, 4.69) is 15.9 Å². The average Bonchev–Trinajstić information content (AvgIpc) is 2.56. The summed E-state index contributed by atoms with van der Waals surface area (Å²) in [5.41, 5.74) is 2.58. The lowest BCUT2D eigenvalue weighted by Gasteiger charge is -2.23. The van der Waals surface area contributed by atoms with Crippen LogP contribution >= 0.6 is 15.9 Å². The highest BCUT2D eigenvalue weighted by Crippen LogP contribution is 2.37. The van der Waals surface area contributed by atoms with Crippen LogP contribution in [-0.4, -0.2) is 29.7 Å². The third kappa shape index (κ3) is 3.23. The first-order valence-electron chi connectivity index (χ1n) is 7.20. The maximum Gasteiger partial charge on any atom is 0.265 e. The van der Waals surface area contributed by atoms with Crippen molar-refractivity contribution in [1.29, 1.82) is 0 Å². The van der Waals surface area contributed by atoms with Crippen LogP contribution in [0.1, 0.15) is 11.1 Å². The Morgan fingerprint density at radius 3 is 2.21 bits per heavy atom. The van der Waals surface area contributed by atoms with Crippen LogP contribution in [-0.2, 0) is 10.0 Å². The largest absolute Gasteiger partial charge is 0.493 e. The highest BCUT2D eigenvalue weighted by molar-refractivity contribution is 9.10. The van der Waals surface area contributed by atoms with Gasteiger partial charge in [-0.1, -0.05) is 12.1 Å². The summed E-state index contributed by atoms with van der Waals surface area (Å²) in [6.45, 7) is 3.85. The molecule has 2 aromatic rings. The minimum absolute atomic E-state index is 0.114.